The summed E-state index contributed by atoms with van der Waals surface area (Å²) in [5.74, 6) is -0.902. The van der Waals surface area contributed by atoms with E-state index in [4.69, 9.17) is 5.11 Å². The van der Waals surface area contributed by atoms with Crippen LogP contribution in [0.3, 0.4) is 0 Å². The SMILES string of the molecule is CN1C[C@@H](C(=O)O)C[C@H]1c1ccccc1. The largest absolute Gasteiger partial charge is 0.481 e. The van der Waals surface area contributed by atoms with Crippen molar-refractivity contribution in [3.63, 3.8) is 0 Å². The van der Waals surface area contributed by atoms with Crippen molar-refractivity contribution in [2.24, 2.45) is 5.92 Å². The third kappa shape index (κ3) is 2.02. The van der Waals surface area contributed by atoms with Gasteiger partial charge in [0.25, 0.3) is 0 Å². The van der Waals surface area contributed by atoms with Crippen LogP contribution in [-0.2, 0) is 4.79 Å². The summed E-state index contributed by atoms with van der Waals surface area (Å²) in [4.78, 5) is 13.0. The van der Waals surface area contributed by atoms with Crippen LogP contribution < -0.4 is 0 Å². The minimum Gasteiger partial charge on any atom is -0.481 e. The number of rotatable bonds is 2. The molecule has 1 N–H and O–H groups in total. The normalized spacial score (nSPS) is 26.7. The van der Waals surface area contributed by atoms with E-state index in [1.807, 2.05) is 25.2 Å². The van der Waals surface area contributed by atoms with Gasteiger partial charge in [-0.1, -0.05) is 30.3 Å². The maximum absolute atomic E-state index is 10.9. The Morgan fingerprint density at radius 3 is 2.60 bits per heavy atom. The molecule has 0 saturated carbocycles. The van der Waals surface area contributed by atoms with Gasteiger partial charge in [-0.15, -0.1) is 0 Å². The Bertz CT molecular complexity index is 350. The highest BCUT2D eigenvalue weighted by Crippen LogP contribution is 2.33. The number of hydrogen-bond donors (Lipinski definition) is 1. The molecule has 1 saturated heterocycles. The lowest BCUT2D eigenvalue weighted by molar-refractivity contribution is -0.141. The number of aliphatic carboxylic acids is 1. The molecule has 0 spiro atoms. The first-order valence-corrected chi connectivity index (χ1v) is 5.16. The van der Waals surface area contributed by atoms with Crippen molar-refractivity contribution in [2.45, 2.75) is 12.5 Å². The van der Waals surface area contributed by atoms with Gasteiger partial charge in [-0.05, 0) is 19.0 Å². The zero-order valence-electron chi connectivity index (χ0n) is 8.76. The second kappa shape index (κ2) is 4.03. The number of carboxylic acids is 1. The van der Waals surface area contributed by atoms with Gasteiger partial charge in [0.1, 0.15) is 0 Å². The van der Waals surface area contributed by atoms with Gasteiger partial charge < -0.3 is 5.11 Å². The topological polar surface area (TPSA) is 40.5 Å². The smallest absolute Gasteiger partial charge is 0.307 e. The zero-order valence-corrected chi connectivity index (χ0v) is 8.76. The maximum atomic E-state index is 10.9. The van der Waals surface area contributed by atoms with Gasteiger partial charge in [-0.25, -0.2) is 0 Å². The predicted octanol–water partition coefficient (Wildman–Crippen LogP) is 1.76. The first-order chi connectivity index (χ1) is 7.18. The molecule has 80 valence electrons. The summed E-state index contributed by atoms with van der Waals surface area (Å²) in [6.45, 7) is 0.648. The van der Waals surface area contributed by atoms with E-state index >= 15 is 0 Å². The Kier molecular flexibility index (Phi) is 2.73. The van der Waals surface area contributed by atoms with Gasteiger partial charge in [0.15, 0.2) is 0 Å². The Balaban J connectivity index is 2.15. The van der Waals surface area contributed by atoms with Gasteiger partial charge >= 0.3 is 5.97 Å². The van der Waals surface area contributed by atoms with Gasteiger partial charge in [0.05, 0.1) is 5.92 Å². The average Bonchev–Trinajstić information content (AvgIpc) is 2.62. The molecule has 1 aromatic rings. The van der Waals surface area contributed by atoms with Gasteiger partial charge in [-0.3, -0.25) is 9.69 Å². The molecule has 0 amide bonds. The lowest BCUT2D eigenvalue weighted by Crippen LogP contribution is -2.20. The summed E-state index contributed by atoms with van der Waals surface area (Å²) in [5.41, 5.74) is 1.21. The lowest BCUT2D eigenvalue weighted by Gasteiger charge is -2.19. The second-order valence-corrected chi connectivity index (χ2v) is 4.14. The van der Waals surface area contributed by atoms with E-state index in [0.717, 1.165) is 6.42 Å². The minimum absolute atomic E-state index is 0.222. The first-order valence-electron chi connectivity index (χ1n) is 5.16. The van der Waals surface area contributed by atoms with Crippen molar-refractivity contribution < 1.29 is 9.90 Å². The van der Waals surface area contributed by atoms with Crippen LogP contribution in [0.2, 0.25) is 0 Å². The standard InChI is InChI=1S/C12H15NO2/c1-13-8-10(12(14)15)7-11(13)9-5-3-2-4-6-9/h2-6,10-11H,7-8H2,1H3,(H,14,15)/t10-,11-/m0/s1. The monoisotopic (exact) mass is 205 g/mol. The van der Waals surface area contributed by atoms with E-state index in [9.17, 15) is 4.79 Å². The molecular weight excluding hydrogens is 190 g/mol. The van der Waals surface area contributed by atoms with E-state index < -0.39 is 5.97 Å². The molecule has 1 fully saturated rings. The Morgan fingerprint density at radius 2 is 2.07 bits per heavy atom. The van der Waals surface area contributed by atoms with Crippen molar-refractivity contribution in [1.82, 2.24) is 4.90 Å². The van der Waals surface area contributed by atoms with Crippen LogP contribution >= 0.6 is 0 Å². The molecule has 1 aromatic carbocycles. The van der Waals surface area contributed by atoms with Crippen LogP contribution in [-0.4, -0.2) is 29.6 Å². The van der Waals surface area contributed by atoms with Crippen LogP contribution in [0.5, 0.6) is 0 Å². The molecule has 1 aliphatic rings. The van der Waals surface area contributed by atoms with Crippen LogP contribution in [0.25, 0.3) is 0 Å². The predicted molar refractivity (Wildman–Crippen MR) is 57.6 cm³/mol. The zero-order chi connectivity index (χ0) is 10.8. The summed E-state index contributed by atoms with van der Waals surface area (Å²) in [6.07, 6.45) is 0.718. The highest BCUT2D eigenvalue weighted by Gasteiger charge is 2.34. The average molecular weight is 205 g/mol. The molecule has 2 rings (SSSR count). The molecule has 3 heteroatoms. The third-order valence-electron chi connectivity index (χ3n) is 3.08. The van der Waals surface area contributed by atoms with Crippen LogP contribution in [0.4, 0.5) is 0 Å². The van der Waals surface area contributed by atoms with E-state index in [0.29, 0.717) is 6.54 Å². The van der Waals surface area contributed by atoms with Gasteiger partial charge in [0, 0.05) is 12.6 Å². The minimum atomic E-state index is -0.680. The number of nitrogens with zero attached hydrogens (tertiary/aromatic N) is 1. The lowest BCUT2D eigenvalue weighted by atomic mass is 10.0. The molecule has 2 atom stereocenters. The first kappa shape index (κ1) is 10.2. The Labute approximate surface area is 89.3 Å². The Hall–Kier alpha value is -1.35. The van der Waals surface area contributed by atoms with E-state index in [-0.39, 0.29) is 12.0 Å². The highest BCUT2D eigenvalue weighted by atomic mass is 16.4. The summed E-state index contributed by atoms with van der Waals surface area (Å²) >= 11 is 0. The molecule has 3 nitrogen and oxygen atoms in total. The molecule has 1 heterocycles. The van der Waals surface area contributed by atoms with Gasteiger partial charge in [0.2, 0.25) is 0 Å². The fraction of sp³-hybridized carbons (Fsp3) is 0.417. The summed E-state index contributed by atoms with van der Waals surface area (Å²) in [6, 6.07) is 10.4. The van der Waals surface area contributed by atoms with Gasteiger partial charge in [-0.2, -0.15) is 0 Å². The van der Waals surface area contributed by atoms with E-state index in [1.165, 1.54) is 5.56 Å². The van der Waals surface area contributed by atoms with Crippen molar-refractivity contribution in [1.29, 1.82) is 0 Å². The molecule has 0 bridgehead atoms. The molecule has 0 radical (unpaired) electrons. The van der Waals surface area contributed by atoms with Crippen LogP contribution in [0.1, 0.15) is 18.0 Å². The van der Waals surface area contributed by atoms with E-state index in [2.05, 4.69) is 17.0 Å². The summed E-state index contributed by atoms with van der Waals surface area (Å²) in [7, 11) is 1.99. The van der Waals surface area contributed by atoms with Crippen molar-refractivity contribution >= 4 is 5.97 Å². The fourth-order valence-electron chi connectivity index (χ4n) is 2.24. The second-order valence-electron chi connectivity index (χ2n) is 4.14. The quantitative estimate of drug-likeness (QED) is 0.799. The number of likely N-dealkylation sites (tertiary alicyclic amines) is 1. The Morgan fingerprint density at radius 1 is 1.40 bits per heavy atom. The molecule has 15 heavy (non-hydrogen) atoms. The van der Waals surface area contributed by atoms with Crippen molar-refractivity contribution in [3.8, 4) is 0 Å². The maximum Gasteiger partial charge on any atom is 0.307 e. The molecule has 0 aliphatic carbocycles. The molecule has 0 unspecified atom stereocenters. The third-order valence-corrected chi connectivity index (χ3v) is 3.08. The van der Waals surface area contributed by atoms with Crippen LogP contribution in [0.15, 0.2) is 30.3 Å². The van der Waals surface area contributed by atoms with Crippen LogP contribution in [0, 0.1) is 5.92 Å². The fourth-order valence-corrected chi connectivity index (χ4v) is 2.24. The van der Waals surface area contributed by atoms with Crippen molar-refractivity contribution in [2.75, 3.05) is 13.6 Å². The molecular formula is C12H15NO2. The molecule has 1 aliphatic heterocycles. The summed E-state index contributed by atoms with van der Waals surface area (Å²) in [5, 5.41) is 8.97. The van der Waals surface area contributed by atoms with Crippen molar-refractivity contribution in [3.05, 3.63) is 35.9 Å². The number of carbonyl (C=O) groups is 1. The molecule has 0 aromatic heterocycles. The summed E-state index contributed by atoms with van der Waals surface area (Å²) < 4.78 is 0. The number of hydrogen-bond acceptors (Lipinski definition) is 2. The van der Waals surface area contributed by atoms with E-state index in [1.54, 1.807) is 0 Å². The number of benzene rings is 1. The number of carboxylic acid groups (broad SMARTS) is 1. The highest BCUT2D eigenvalue weighted by molar-refractivity contribution is 5.70.